The first-order valence-electron chi connectivity index (χ1n) is 3.46. The molecular weight excluding hydrogens is 158 g/mol. The Balaban J connectivity index is 0. The average Bonchev–Trinajstić information content (AvgIpc) is 2.03. The molecule has 0 radical (unpaired) electrons. The van der Waals surface area contributed by atoms with Crippen molar-refractivity contribution in [1.29, 1.82) is 0 Å². The van der Waals surface area contributed by atoms with Crippen LogP contribution in [0, 0.1) is 0 Å². The van der Waals surface area contributed by atoms with Crippen LogP contribution >= 0.6 is 0 Å². The molecule has 0 spiro atoms. The second-order valence-electron chi connectivity index (χ2n) is 2.48. The van der Waals surface area contributed by atoms with Crippen LogP contribution in [0.25, 0.3) is 0 Å². The number of amides is 3. The van der Waals surface area contributed by atoms with Gasteiger partial charge >= 0.3 is 6.03 Å². The molecule has 1 N–H and O–H groups in total. The van der Waals surface area contributed by atoms with Gasteiger partial charge in [-0.3, -0.25) is 4.79 Å². The van der Waals surface area contributed by atoms with E-state index >= 15 is 0 Å². The number of carbonyl (C=O) groups excluding carboxylic acids is 2. The van der Waals surface area contributed by atoms with Gasteiger partial charge in [-0.15, -0.1) is 0 Å². The fraction of sp³-hybridized carbons (Fsp3) is 0.714. The highest BCUT2D eigenvalue weighted by atomic mass is 16.2. The summed E-state index contributed by atoms with van der Waals surface area (Å²) >= 11 is 0. The molecule has 0 aliphatic carbocycles. The highest BCUT2D eigenvalue weighted by Gasteiger charge is 2.02. The van der Waals surface area contributed by atoms with Crippen molar-refractivity contribution in [3.05, 3.63) is 0 Å². The van der Waals surface area contributed by atoms with Gasteiger partial charge in [0.25, 0.3) is 0 Å². The molecule has 0 heterocycles. The molecule has 0 aromatic rings. The van der Waals surface area contributed by atoms with E-state index in [2.05, 4.69) is 5.32 Å². The summed E-state index contributed by atoms with van der Waals surface area (Å²) < 4.78 is 0. The minimum absolute atomic E-state index is 0.0185. The summed E-state index contributed by atoms with van der Waals surface area (Å²) in [5, 5.41) is 2.25. The third kappa shape index (κ3) is 8.74. The zero-order chi connectivity index (χ0) is 10.1. The fourth-order valence-corrected chi connectivity index (χ4v) is 0.400. The van der Waals surface area contributed by atoms with E-state index in [1.165, 1.54) is 9.80 Å². The summed E-state index contributed by atoms with van der Waals surface area (Å²) in [5.41, 5.74) is 0. The van der Waals surface area contributed by atoms with Gasteiger partial charge < -0.3 is 15.1 Å². The number of hydrogen-bond acceptors (Lipinski definition) is 2. The van der Waals surface area contributed by atoms with Gasteiger partial charge in [0.05, 0.1) is 0 Å². The predicted octanol–water partition coefficient (Wildman–Crippen LogP) is -0.408. The normalized spacial score (nSPS) is 7.42. The second-order valence-corrected chi connectivity index (χ2v) is 2.48. The minimum atomic E-state index is 0.0185. The maximum atomic E-state index is 10.7. The van der Waals surface area contributed by atoms with Crippen molar-refractivity contribution < 1.29 is 9.59 Å². The van der Waals surface area contributed by atoms with E-state index in [4.69, 9.17) is 4.79 Å². The Labute approximate surface area is 73.3 Å². The Bertz CT molecular complexity index is 125. The van der Waals surface area contributed by atoms with Crippen molar-refractivity contribution in [3.8, 4) is 0 Å². The second kappa shape index (κ2) is 7.84. The molecule has 0 fully saturated rings. The zero-order valence-corrected chi connectivity index (χ0v) is 8.29. The molecule has 5 nitrogen and oxygen atoms in total. The largest absolute Gasteiger partial charge is 0.362 e. The van der Waals surface area contributed by atoms with E-state index < -0.39 is 0 Å². The lowest BCUT2D eigenvalue weighted by molar-refractivity contribution is -0.109. The average molecular weight is 175 g/mol. The Hall–Kier alpha value is -1.26. The summed E-state index contributed by atoms with van der Waals surface area (Å²) in [6.07, 6.45) is 0.625. The van der Waals surface area contributed by atoms with Crippen molar-refractivity contribution in [3.63, 3.8) is 0 Å². The molecule has 0 aromatic carbocycles. The molecule has 0 saturated carbocycles. The predicted molar refractivity (Wildman–Crippen MR) is 47.9 cm³/mol. The summed E-state index contributed by atoms with van der Waals surface area (Å²) in [6.45, 7) is 0. The lowest BCUT2D eigenvalue weighted by Gasteiger charge is -2.16. The van der Waals surface area contributed by atoms with Crippen LogP contribution in [0.2, 0.25) is 0 Å². The Morgan fingerprint density at radius 2 is 1.42 bits per heavy atom. The topological polar surface area (TPSA) is 52.7 Å². The molecule has 0 aromatic heterocycles. The van der Waals surface area contributed by atoms with Gasteiger partial charge in [0.2, 0.25) is 6.41 Å². The van der Waals surface area contributed by atoms with Gasteiger partial charge in [0, 0.05) is 35.2 Å². The van der Waals surface area contributed by atoms with Crippen LogP contribution in [0.5, 0.6) is 0 Å². The number of urea groups is 1. The highest BCUT2D eigenvalue weighted by molar-refractivity contribution is 5.72. The molecule has 72 valence electrons. The van der Waals surface area contributed by atoms with E-state index in [9.17, 15) is 4.79 Å². The summed E-state index contributed by atoms with van der Waals surface area (Å²) in [7, 11) is 8.46. The molecule has 12 heavy (non-hydrogen) atoms. The molecule has 0 saturated heterocycles. The van der Waals surface area contributed by atoms with Crippen LogP contribution in [0.3, 0.4) is 0 Å². The van der Waals surface area contributed by atoms with Gasteiger partial charge in [0.1, 0.15) is 0 Å². The van der Waals surface area contributed by atoms with Crippen LogP contribution in [-0.4, -0.2) is 57.5 Å². The smallest absolute Gasteiger partial charge is 0.318 e. The third-order valence-corrected chi connectivity index (χ3v) is 0.883. The minimum Gasteiger partial charge on any atom is -0.362 e. The Morgan fingerprint density at radius 3 is 1.42 bits per heavy atom. The molecule has 0 rings (SSSR count). The van der Waals surface area contributed by atoms with Crippen LogP contribution in [0.1, 0.15) is 0 Å². The fourth-order valence-electron chi connectivity index (χ4n) is 0.400. The van der Waals surface area contributed by atoms with Crippen molar-refractivity contribution in [2.75, 3.05) is 35.2 Å². The lowest BCUT2D eigenvalue weighted by atomic mass is 10.7. The van der Waals surface area contributed by atoms with Gasteiger partial charge in [-0.1, -0.05) is 0 Å². The molecule has 0 aliphatic rings. The highest BCUT2D eigenvalue weighted by Crippen LogP contribution is 1.83. The summed E-state index contributed by atoms with van der Waals surface area (Å²) in [4.78, 5) is 22.8. The van der Waals surface area contributed by atoms with Gasteiger partial charge in [-0.05, 0) is 0 Å². The Kier molecular flexibility index (Phi) is 8.72. The van der Waals surface area contributed by atoms with E-state index in [-0.39, 0.29) is 6.03 Å². The van der Waals surface area contributed by atoms with Crippen molar-refractivity contribution in [2.45, 2.75) is 0 Å². The Morgan fingerprint density at radius 1 is 1.17 bits per heavy atom. The van der Waals surface area contributed by atoms with Gasteiger partial charge in [0.15, 0.2) is 0 Å². The van der Waals surface area contributed by atoms with E-state index in [0.29, 0.717) is 6.41 Å². The van der Waals surface area contributed by atoms with E-state index in [0.717, 1.165) is 0 Å². The number of carbonyl (C=O) groups is 2. The van der Waals surface area contributed by atoms with Crippen LogP contribution in [-0.2, 0) is 4.79 Å². The molecule has 0 atom stereocenters. The number of hydrogen-bond donors (Lipinski definition) is 1. The lowest BCUT2D eigenvalue weighted by Crippen LogP contribution is -2.33. The van der Waals surface area contributed by atoms with Gasteiger partial charge in [-0.25, -0.2) is 4.79 Å². The monoisotopic (exact) mass is 175 g/mol. The van der Waals surface area contributed by atoms with E-state index in [1.54, 1.807) is 35.2 Å². The third-order valence-electron chi connectivity index (χ3n) is 0.883. The summed E-state index contributed by atoms with van der Waals surface area (Å²) in [5.74, 6) is 0. The zero-order valence-electron chi connectivity index (χ0n) is 8.29. The first-order valence-corrected chi connectivity index (χ1v) is 3.46. The van der Waals surface area contributed by atoms with Crippen LogP contribution in [0.15, 0.2) is 0 Å². The quantitative estimate of drug-likeness (QED) is 0.551. The first-order chi connectivity index (χ1) is 5.47. The molecule has 5 heteroatoms. The van der Waals surface area contributed by atoms with Crippen molar-refractivity contribution in [2.24, 2.45) is 0 Å². The number of nitrogens with one attached hydrogen (secondary N) is 1. The maximum absolute atomic E-state index is 10.7. The SMILES string of the molecule is CN(C)C(=O)N(C)C.CNC=O. The van der Waals surface area contributed by atoms with Gasteiger partial charge in [-0.2, -0.15) is 0 Å². The maximum Gasteiger partial charge on any atom is 0.318 e. The number of rotatable bonds is 1. The molecule has 0 aliphatic heterocycles. The molecule has 3 amide bonds. The van der Waals surface area contributed by atoms with Crippen molar-refractivity contribution in [1.82, 2.24) is 15.1 Å². The first kappa shape index (κ1) is 13.3. The van der Waals surface area contributed by atoms with Crippen LogP contribution < -0.4 is 5.32 Å². The van der Waals surface area contributed by atoms with E-state index in [1.807, 2.05) is 0 Å². The summed E-state index contributed by atoms with van der Waals surface area (Å²) in [6, 6.07) is 0.0185. The molecular formula is C7H17N3O2. The standard InChI is InChI=1S/C5H12N2O.C2H5NO/c1-6(2)5(8)7(3)4;1-3-2-4/h1-4H3;2H,1H3,(H,3,4). The molecule has 0 unspecified atom stereocenters. The number of nitrogens with zero attached hydrogens (tertiary/aromatic N) is 2. The molecule has 0 bridgehead atoms. The van der Waals surface area contributed by atoms with Crippen molar-refractivity contribution >= 4 is 12.4 Å². The van der Waals surface area contributed by atoms with Crippen LogP contribution in [0.4, 0.5) is 4.79 Å².